The number of nitriles is 1. The van der Waals surface area contributed by atoms with Crippen LogP contribution >= 0.6 is 0 Å². The average Bonchev–Trinajstić information content (AvgIpc) is 3.77. The molecule has 0 bridgehead atoms. The van der Waals surface area contributed by atoms with Crippen molar-refractivity contribution in [3.8, 4) is 12.1 Å². The smallest absolute Gasteiger partial charge is 0.408 e. The van der Waals surface area contributed by atoms with Gasteiger partial charge in [-0.3, -0.25) is 9.69 Å². The van der Waals surface area contributed by atoms with Crippen LogP contribution in [0.3, 0.4) is 0 Å². The number of hydrogen-bond donors (Lipinski definition) is 1. The van der Waals surface area contributed by atoms with Crippen molar-refractivity contribution in [3.63, 3.8) is 0 Å². The number of carbonyl (C=O) groups is 2. The first kappa shape index (κ1) is 30.0. The maximum absolute atomic E-state index is 13.3. The van der Waals surface area contributed by atoms with Gasteiger partial charge >= 0.3 is 12.1 Å². The minimum Gasteiger partial charge on any atom is -0.465 e. The number of amides is 2. The highest BCUT2D eigenvalue weighted by molar-refractivity contribution is 5.97. The van der Waals surface area contributed by atoms with E-state index in [1.54, 1.807) is 4.90 Å². The first-order chi connectivity index (χ1) is 22.3. The molecule has 240 valence electrons. The second kappa shape index (κ2) is 12.3. The summed E-state index contributed by atoms with van der Waals surface area (Å²) >= 11 is 0. The van der Waals surface area contributed by atoms with E-state index >= 15 is 0 Å². The van der Waals surface area contributed by atoms with Crippen molar-refractivity contribution < 1.29 is 19.4 Å². The van der Waals surface area contributed by atoms with Crippen LogP contribution in [0.2, 0.25) is 0 Å². The standard InChI is InChI=1S/C34H40N8O4/c1-22-6-3-7-23-8-4-10-28(30(22)23)39-15-12-26-27(19-39)36-33(46-21-25-9-5-14-38(25)2)37-31(26)40-16-17-41(24(18-40)11-13-35)32(43)29-20-42(29)34(44)45/h3-4,6-8,10,24-25,29H,5,9,11-12,14-21H2,1-2H3,(H,44,45). The van der Waals surface area contributed by atoms with Crippen LogP contribution in [0.4, 0.5) is 16.3 Å². The van der Waals surface area contributed by atoms with E-state index in [1.807, 2.05) is 0 Å². The number of likely N-dealkylation sites (tertiary alicyclic amines) is 1. The van der Waals surface area contributed by atoms with Gasteiger partial charge in [-0.2, -0.15) is 15.2 Å². The van der Waals surface area contributed by atoms with E-state index in [0.717, 1.165) is 54.3 Å². The quantitative estimate of drug-likeness (QED) is 0.391. The normalized spacial score (nSPS) is 22.9. The summed E-state index contributed by atoms with van der Waals surface area (Å²) in [5.74, 6) is 0.583. The molecule has 3 fully saturated rings. The third-order valence-electron chi connectivity index (χ3n) is 10.1. The van der Waals surface area contributed by atoms with Gasteiger partial charge in [-0.05, 0) is 56.8 Å². The number of likely N-dealkylation sites (N-methyl/N-ethyl adjacent to an activating group) is 1. The van der Waals surface area contributed by atoms with Crippen LogP contribution in [0.25, 0.3) is 10.8 Å². The number of aromatic nitrogens is 2. The molecule has 0 saturated carbocycles. The molecule has 1 aromatic heterocycles. The number of hydrogen-bond acceptors (Lipinski definition) is 9. The van der Waals surface area contributed by atoms with Crippen LogP contribution in [0, 0.1) is 18.3 Å². The zero-order valence-electron chi connectivity index (χ0n) is 26.4. The zero-order valence-corrected chi connectivity index (χ0v) is 26.4. The Morgan fingerprint density at radius 2 is 1.85 bits per heavy atom. The monoisotopic (exact) mass is 624 g/mol. The van der Waals surface area contributed by atoms with E-state index in [-0.39, 0.29) is 24.9 Å². The molecule has 1 N–H and O–H groups in total. The zero-order chi connectivity index (χ0) is 31.9. The number of rotatable bonds is 7. The number of ether oxygens (including phenoxy) is 1. The molecule has 5 heterocycles. The Morgan fingerprint density at radius 3 is 2.59 bits per heavy atom. The predicted octanol–water partition coefficient (Wildman–Crippen LogP) is 3.27. The van der Waals surface area contributed by atoms with Crippen molar-refractivity contribution in [2.24, 2.45) is 0 Å². The molecule has 7 rings (SSSR count). The summed E-state index contributed by atoms with van der Waals surface area (Å²) in [6, 6.07) is 14.7. The van der Waals surface area contributed by atoms with Crippen LogP contribution in [-0.2, 0) is 17.8 Å². The minimum absolute atomic E-state index is 0.154. The van der Waals surface area contributed by atoms with E-state index in [1.165, 1.54) is 22.0 Å². The van der Waals surface area contributed by atoms with Gasteiger partial charge in [0.2, 0.25) is 5.91 Å². The number of aryl methyl sites for hydroxylation is 1. The molecule has 2 amide bonds. The molecule has 0 spiro atoms. The number of carboxylic acid groups (broad SMARTS) is 1. The Balaban J connectivity index is 1.19. The highest BCUT2D eigenvalue weighted by Gasteiger charge is 2.48. The van der Waals surface area contributed by atoms with E-state index < -0.39 is 12.1 Å². The van der Waals surface area contributed by atoms with E-state index in [2.05, 4.69) is 71.1 Å². The molecule has 4 aliphatic rings. The summed E-state index contributed by atoms with van der Waals surface area (Å²) in [4.78, 5) is 44.3. The van der Waals surface area contributed by atoms with Gasteiger partial charge in [-0.25, -0.2) is 4.79 Å². The fraction of sp³-hybridized carbons (Fsp3) is 0.500. The van der Waals surface area contributed by atoms with Gasteiger partial charge in [0.05, 0.1) is 37.3 Å². The lowest BCUT2D eigenvalue weighted by Gasteiger charge is -2.42. The molecular formula is C34H40N8O4. The molecule has 2 aromatic carbocycles. The number of nitrogens with zero attached hydrogens (tertiary/aromatic N) is 8. The Labute approximate surface area is 268 Å². The van der Waals surface area contributed by atoms with Crippen molar-refractivity contribution >= 4 is 34.3 Å². The van der Waals surface area contributed by atoms with Crippen molar-refractivity contribution in [2.75, 3.05) is 62.7 Å². The number of fused-ring (bicyclic) bond motifs is 2. The number of anilines is 2. The van der Waals surface area contributed by atoms with E-state index in [9.17, 15) is 20.0 Å². The first-order valence-corrected chi connectivity index (χ1v) is 16.2. The van der Waals surface area contributed by atoms with Crippen LogP contribution in [0.15, 0.2) is 36.4 Å². The van der Waals surface area contributed by atoms with Crippen LogP contribution in [-0.4, -0.2) is 113 Å². The summed E-state index contributed by atoms with van der Waals surface area (Å²) in [5.41, 5.74) is 4.43. The molecule has 0 aliphatic carbocycles. The Morgan fingerprint density at radius 1 is 1.02 bits per heavy atom. The number of carbonyl (C=O) groups excluding carboxylic acids is 1. The summed E-state index contributed by atoms with van der Waals surface area (Å²) in [5, 5.41) is 21.4. The lowest BCUT2D eigenvalue weighted by Crippen LogP contribution is -2.57. The van der Waals surface area contributed by atoms with Gasteiger partial charge in [0, 0.05) is 48.9 Å². The molecule has 4 aliphatic heterocycles. The fourth-order valence-electron chi connectivity index (χ4n) is 7.42. The van der Waals surface area contributed by atoms with Crippen molar-refractivity contribution in [3.05, 3.63) is 53.2 Å². The predicted molar refractivity (Wildman–Crippen MR) is 173 cm³/mol. The van der Waals surface area contributed by atoms with E-state index in [4.69, 9.17) is 14.7 Å². The van der Waals surface area contributed by atoms with Gasteiger partial charge < -0.3 is 29.4 Å². The lowest BCUT2D eigenvalue weighted by atomic mass is 9.99. The Kier molecular flexibility index (Phi) is 8.02. The molecule has 3 saturated heterocycles. The van der Waals surface area contributed by atoms with Crippen LogP contribution in [0.5, 0.6) is 6.01 Å². The molecule has 3 aromatic rings. The summed E-state index contributed by atoms with van der Waals surface area (Å²) < 4.78 is 6.31. The SMILES string of the molecule is Cc1cccc2cccc(N3CCc4c(nc(OCC5CCCN5C)nc4N4CCN(C(=O)C5CN5C(=O)O)C(CC#N)C4)C3)c12. The van der Waals surface area contributed by atoms with Crippen molar-refractivity contribution in [1.29, 1.82) is 5.26 Å². The van der Waals surface area contributed by atoms with Gasteiger partial charge in [-0.15, -0.1) is 0 Å². The number of benzene rings is 2. The van der Waals surface area contributed by atoms with Gasteiger partial charge in [0.1, 0.15) is 18.5 Å². The molecule has 12 heteroatoms. The number of piperazine rings is 1. The van der Waals surface area contributed by atoms with Crippen molar-refractivity contribution in [2.45, 2.75) is 57.3 Å². The summed E-state index contributed by atoms with van der Waals surface area (Å²) in [6.07, 6.45) is 2.03. The third-order valence-corrected chi connectivity index (χ3v) is 10.1. The minimum atomic E-state index is -1.09. The fourth-order valence-corrected chi connectivity index (χ4v) is 7.42. The second-order valence-corrected chi connectivity index (χ2v) is 12.9. The molecule has 46 heavy (non-hydrogen) atoms. The maximum Gasteiger partial charge on any atom is 0.408 e. The van der Waals surface area contributed by atoms with Crippen molar-refractivity contribution in [1.82, 2.24) is 24.7 Å². The van der Waals surface area contributed by atoms with Gasteiger partial charge in [0.25, 0.3) is 0 Å². The molecule has 3 atom stereocenters. The largest absolute Gasteiger partial charge is 0.465 e. The van der Waals surface area contributed by atoms with Gasteiger partial charge in [0.15, 0.2) is 0 Å². The summed E-state index contributed by atoms with van der Waals surface area (Å²) in [6.45, 7) is 6.68. The summed E-state index contributed by atoms with van der Waals surface area (Å²) in [7, 11) is 2.12. The lowest BCUT2D eigenvalue weighted by molar-refractivity contribution is -0.134. The second-order valence-electron chi connectivity index (χ2n) is 12.9. The van der Waals surface area contributed by atoms with Gasteiger partial charge in [-0.1, -0.05) is 30.3 Å². The first-order valence-electron chi connectivity index (χ1n) is 16.2. The highest BCUT2D eigenvalue weighted by Crippen LogP contribution is 2.36. The third kappa shape index (κ3) is 5.64. The molecule has 12 nitrogen and oxygen atoms in total. The average molecular weight is 625 g/mol. The molecule has 0 radical (unpaired) electrons. The molecule has 3 unspecified atom stereocenters. The van der Waals surface area contributed by atoms with Crippen LogP contribution < -0.4 is 14.5 Å². The Hall–Kier alpha value is -4.63. The maximum atomic E-state index is 13.3. The highest BCUT2D eigenvalue weighted by atomic mass is 16.5. The topological polar surface area (TPSA) is 129 Å². The van der Waals surface area contributed by atoms with E-state index in [0.29, 0.717) is 44.8 Å². The van der Waals surface area contributed by atoms with Crippen LogP contribution in [0.1, 0.15) is 36.1 Å². The molecular weight excluding hydrogens is 584 g/mol. The Bertz CT molecular complexity index is 1700.